The summed E-state index contributed by atoms with van der Waals surface area (Å²) >= 11 is 0. The smallest absolute Gasteiger partial charge is 0.258 e. The first-order valence-electron chi connectivity index (χ1n) is 12.7. The van der Waals surface area contributed by atoms with Gasteiger partial charge in [-0.3, -0.25) is 14.4 Å². The van der Waals surface area contributed by atoms with Gasteiger partial charge in [0.15, 0.2) is 0 Å². The largest absolute Gasteiger partial charge is 0.396 e. The van der Waals surface area contributed by atoms with Gasteiger partial charge in [-0.1, -0.05) is 49.2 Å². The van der Waals surface area contributed by atoms with Gasteiger partial charge in [0.2, 0.25) is 11.8 Å². The molecule has 1 saturated carbocycles. The number of hydrogen-bond donors (Lipinski definition) is 2. The topological polar surface area (TPSA) is 91.6 Å². The van der Waals surface area contributed by atoms with E-state index >= 15 is 0 Å². The van der Waals surface area contributed by atoms with Crippen LogP contribution in [-0.2, 0) is 16.1 Å². The zero-order chi connectivity index (χ0) is 24.5. The summed E-state index contributed by atoms with van der Waals surface area (Å²) in [6.07, 6.45) is 7.52. The molecule has 184 valence electrons. The quantitative estimate of drug-likeness (QED) is 0.672. The maximum absolute atomic E-state index is 13.7. The van der Waals surface area contributed by atoms with Crippen molar-refractivity contribution >= 4 is 24.0 Å². The van der Waals surface area contributed by atoms with Gasteiger partial charge in [-0.2, -0.15) is 0 Å². The lowest BCUT2D eigenvalue weighted by atomic mass is 9.86. The Hall–Kier alpha value is -3.19. The number of benzene rings is 1. The van der Waals surface area contributed by atoms with Crippen LogP contribution in [0.1, 0.15) is 55.5 Å². The number of amides is 2. The maximum atomic E-state index is 13.7. The average Bonchev–Trinajstić information content (AvgIpc) is 3.49. The van der Waals surface area contributed by atoms with Crippen LogP contribution in [0.25, 0.3) is 12.2 Å². The highest BCUT2D eigenvalue weighted by molar-refractivity contribution is 5.85. The first-order chi connectivity index (χ1) is 17.0. The Bertz CT molecular complexity index is 1180. The number of fused-ring (bicyclic) bond motifs is 4. The summed E-state index contributed by atoms with van der Waals surface area (Å²) in [5.74, 6) is -1.15. The molecule has 2 N–H and O–H groups in total. The molecule has 0 radical (unpaired) electrons. The number of carbonyl (C=O) groups excluding carboxylic acids is 2. The van der Waals surface area contributed by atoms with Crippen molar-refractivity contribution in [2.45, 2.75) is 51.2 Å². The van der Waals surface area contributed by atoms with Crippen LogP contribution >= 0.6 is 0 Å². The molecule has 2 aliphatic heterocycles. The van der Waals surface area contributed by atoms with Crippen LogP contribution < -0.4 is 10.9 Å². The maximum Gasteiger partial charge on any atom is 0.258 e. The first-order valence-corrected chi connectivity index (χ1v) is 12.7. The number of aromatic nitrogens is 1. The molecule has 3 aliphatic rings. The minimum absolute atomic E-state index is 0.0429. The first kappa shape index (κ1) is 23.5. The summed E-state index contributed by atoms with van der Waals surface area (Å²) in [4.78, 5) is 42.3. The van der Waals surface area contributed by atoms with Gasteiger partial charge in [0.1, 0.15) is 0 Å². The molecule has 1 aromatic heterocycles. The van der Waals surface area contributed by atoms with Gasteiger partial charge >= 0.3 is 0 Å². The molecule has 3 heterocycles. The highest BCUT2D eigenvalue weighted by Crippen LogP contribution is 2.49. The van der Waals surface area contributed by atoms with Gasteiger partial charge < -0.3 is 19.9 Å². The molecule has 1 aliphatic carbocycles. The second-order valence-corrected chi connectivity index (χ2v) is 9.88. The molecule has 35 heavy (non-hydrogen) atoms. The molecular weight excluding hydrogens is 442 g/mol. The number of rotatable bonds is 6. The monoisotopic (exact) mass is 475 g/mol. The minimum Gasteiger partial charge on any atom is -0.396 e. The second-order valence-electron chi connectivity index (χ2n) is 9.88. The molecule has 7 heteroatoms. The Morgan fingerprint density at radius 2 is 1.83 bits per heavy atom. The predicted octanol–water partition coefficient (Wildman–Crippen LogP) is 2.84. The van der Waals surface area contributed by atoms with E-state index in [9.17, 15) is 19.5 Å². The summed E-state index contributed by atoms with van der Waals surface area (Å²) in [7, 11) is 0. The summed E-state index contributed by atoms with van der Waals surface area (Å²) in [6.45, 7) is 2.41. The predicted molar refractivity (Wildman–Crippen MR) is 134 cm³/mol. The molecule has 2 aromatic rings. The van der Waals surface area contributed by atoms with Crippen molar-refractivity contribution in [2.75, 3.05) is 13.2 Å². The third kappa shape index (κ3) is 4.12. The summed E-state index contributed by atoms with van der Waals surface area (Å²) in [6, 6.07) is 12.5. The van der Waals surface area contributed by atoms with Crippen molar-refractivity contribution in [3.63, 3.8) is 0 Å². The summed E-state index contributed by atoms with van der Waals surface area (Å²) in [5, 5.41) is 13.3. The summed E-state index contributed by atoms with van der Waals surface area (Å²) < 4.78 is 1.72. The van der Waals surface area contributed by atoms with E-state index in [1.807, 2.05) is 60.4 Å². The fourth-order valence-electron chi connectivity index (χ4n) is 6.28. The van der Waals surface area contributed by atoms with E-state index in [2.05, 4.69) is 5.32 Å². The van der Waals surface area contributed by atoms with Crippen LogP contribution in [0.5, 0.6) is 0 Å². The van der Waals surface area contributed by atoms with Gasteiger partial charge in [0.25, 0.3) is 5.56 Å². The summed E-state index contributed by atoms with van der Waals surface area (Å²) in [5.41, 5.74) is 2.11. The molecule has 1 saturated heterocycles. The van der Waals surface area contributed by atoms with Crippen LogP contribution in [-0.4, -0.2) is 45.6 Å². The van der Waals surface area contributed by atoms with Gasteiger partial charge in [-0.25, -0.2) is 0 Å². The molecule has 0 spiro atoms. The van der Waals surface area contributed by atoms with E-state index in [0.29, 0.717) is 17.8 Å². The molecule has 0 unspecified atom stereocenters. The van der Waals surface area contributed by atoms with E-state index in [0.717, 1.165) is 31.2 Å². The number of aliphatic hydroxyl groups excluding tert-OH is 1. The zero-order valence-corrected chi connectivity index (χ0v) is 20.1. The Kier molecular flexibility index (Phi) is 6.60. The Balaban J connectivity index is 1.57. The van der Waals surface area contributed by atoms with Crippen LogP contribution in [0.2, 0.25) is 0 Å². The molecule has 1 aromatic carbocycles. The molecule has 4 atom stereocenters. The Morgan fingerprint density at radius 1 is 1.09 bits per heavy atom. The van der Waals surface area contributed by atoms with Crippen LogP contribution in [0.15, 0.2) is 47.3 Å². The van der Waals surface area contributed by atoms with Crippen LogP contribution in [0, 0.1) is 17.8 Å². The molecule has 5 rings (SSSR count). The van der Waals surface area contributed by atoms with Gasteiger partial charge in [-0.05, 0) is 43.5 Å². The molecule has 2 bridgehead atoms. The molecule has 7 nitrogen and oxygen atoms in total. The lowest BCUT2D eigenvalue weighted by molar-refractivity contribution is -0.141. The molecule has 2 fully saturated rings. The minimum atomic E-state index is -0.589. The number of nitrogens with one attached hydrogen (secondary N) is 1. The lowest BCUT2D eigenvalue weighted by Crippen LogP contribution is -2.50. The molecule has 2 amide bonds. The van der Waals surface area contributed by atoms with Gasteiger partial charge in [-0.15, -0.1) is 0 Å². The average molecular weight is 476 g/mol. The van der Waals surface area contributed by atoms with Crippen molar-refractivity contribution in [3.05, 3.63) is 69.6 Å². The van der Waals surface area contributed by atoms with Crippen LogP contribution in [0.3, 0.4) is 0 Å². The normalized spacial score (nSPS) is 25.7. The van der Waals surface area contributed by atoms with E-state index in [-0.39, 0.29) is 42.5 Å². The van der Waals surface area contributed by atoms with E-state index in [1.165, 1.54) is 0 Å². The van der Waals surface area contributed by atoms with Crippen LogP contribution in [0.4, 0.5) is 0 Å². The van der Waals surface area contributed by atoms with Crippen molar-refractivity contribution in [1.82, 2.24) is 14.8 Å². The van der Waals surface area contributed by atoms with E-state index < -0.39 is 17.9 Å². The number of aliphatic hydroxyl groups is 1. The number of carbonyl (C=O) groups is 2. The number of hydrogen-bond acceptors (Lipinski definition) is 4. The third-order valence-electron chi connectivity index (χ3n) is 7.94. The highest BCUT2D eigenvalue weighted by Gasteiger charge is 2.58. The standard InChI is InChI=1S/C28H33N3O4/c1-2-29-26(33)24-21(17-32)23-16-30-22(25(24)31(23)28(35)19-10-6-7-11-19)15-14-20(27(30)34)13-12-18-8-4-3-5-9-18/h3-5,8-9,12-15,19,21,23-25,32H,2,6-7,10-11,16-17H2,1H3,(H,29,33)/b13-12+/t21-,23-,24+,25+/m0/s1. The second kappa shape index (κ2) is 9.82. The van der Waals surface area contributed by atoms with E-state index in [4.69, 9.17) is 0 Å². The number of nitrogens with zero attached hydrogens (tertiary/aromatic N) is 2. The fraction of sp³-hybridized carbons (Fsp3) is 0.464. The Morgan fingerprint density at radius 3 is 2.51 bits per heavy atom. The van der Waals surface area contributed by atoms with E-state index in [1.54, 1.807) is 10.6 Å². The van der Waals surface area contributed by atoms with Gasteiger partial charge in [0, 0.05) is 42.8 Å². The Labute approximate surface area is 205 Å². The number of pyridine rings is 1. The highest BCUT2D eigenvalue weighted by atomic mass is 16.3. The van der Waals surface area contributed by atoms with Gasteiger partial charge in [0.05, 0.1) is 18.0 Å². The van der Waals surface area contributed by atoms with Crippen molar-refractivity contribution in [1.29, 1.82) is 0 Å². The van der Waals surface area contributed by atoms with Crippen molar-refractivity contribution in [3.8, 4) is 0 Å². The molecular formula is C28H33N3O4. The SMILES string of the molecule is CCNC(=O)[C@@H]1[C@@H](CO)[C@@H]2Cn3c(ccc(/C=C/c4ccccc4)c3=O)[C@H]1N2C(=O)C1CCCC1. The fourth-order valence-corrected chi connectivity index (χ4v) is 6.28. The third-order valence-corrected chi connectivity index (χ3v) is 7.94. The van der Waals surface area contributed by atoms with Crippen molar-refractivity contribution in [2.24, 2.45) is 17.8 Å². The zero-order valence-electron chi connectivity index (χ0n) is 20.1. The van der Waals surface area contributed by atoms with Crippen molar-refractivity contribution < 1.29 is 14.7 Å². The lowest BCUT2D eigenvalue weighted by Gasteiger charge is -2.39.